The van der Waals surface area contributed by atoms with Gasteiger partial charge in [0.25, 0.3) is 0 Å². The maximum absolute atomic E-state index is 13.6. The Morgan fingerprint density at radius 2 is 2.05 bits per heavy atom. The van der Waals surface area contributed by atoms with Crippen molar-refractivity contribution in [2.75, 3.05) is 13.1 Å². The minimum Gasteiger partial charge on any atom is -0.481 e. The number of hydrogen-bond acceptors (Lipinski definition) is 2. The van der Waals surface area contributed by atoms with Crippen molar-refractivity contribution in [2.24, 2.45) is 5.92 Å². The number of hydrogen-bond donors (Lipinski definition) is 1. The lowest BCUT2D eigenvalue weighted by atomic mass is 9.95. The van der Waals surface area contributed by atoms with Crippen molar-refractivity contribution in [2.45, 2.75) is 32.2 Å². The van der Waals surface area contributed by atoms with Gasteiger partial charge in [-0.3, -0.25) is 4.79 Å². The van der Waals surface area contributed by atoms with Crippen LogP contribution in [0.3, 0.4) is 0 Å². The number of likely N-dealkylation sites (tertiary alicyclic amines) is 1. The Morgan fingerprint density at radius 1 is 1.42 bits per heavy atom. The van der Waals surface area contributed by atoms with E-state index in [-0.39, 0.29) is 17.8 Å². The molecule has 1 fully saturated rings. The van der Waals surface area contributed by atoms with Gasteiger partial charge < -0.3 is 10.0 Å². The van der Waals surface area contributed by atoms with Gasteiger partial charge in [-0.2, -0.15) is 0 Å². The fourth-order valence-electron chi connectivity index (χ4n) is 2.70. The summed E-state index contributed by atoms with van der Waals surface area (Å²) in [6.07, 6.45) is 2.05. The van der Waals surface area contributed by atoms with Crippen molar-refractivity contribution >= 4 is 5.97 Å². The monoisotopic (exact) mass is 265 g/mol. The van der Waals surface area contributed by atoms with Crippen LogP contribution in [-0.4, -0.2) is 35.1 Å². The summed E-state index contributed by atoms with van der Waals surface area (Å²) in [6, 6.07) is 7.09. The first-order valence-corrected chi connectivity index (χ1v) is 6.78. The smallest absolute Gasteiger partial charge is 0.306 e. The highest BCUT2D eigenvalue weighted by Gasteiger charge is 2.27. The molecule has 0 amide bonds. The number of piperidine rings is 1. The van der Waals surface area contributed by atoms with Gasteiger partial charge in [-0.05, 0) is 50.9 Å². The molecule has 0 saturated carbocycles. The molecule has 1 saturated heterocycles. The highest BCUT2D eigenvalue weighted by molar-refractivity contribution is 5.70. The Morgan fingerprint density at radius 3 is 2.63 bits per heavy atom. The second-order valence-electron chi connectivity index (χ2n) is 5.29. The molecule has 19 heavy (non-hydrogen) atoms. The Bertz CT molecular complexity index is 442. The first-order valence-electron chi connectivity index (χ1n) is 6.78. The lowest BCUT2D eigenvalue weighted by Gasteiger charge is -2.34. The van der Waals surface area contributed by atoms with Gasteiger partial charge >= 0.3 is 5.97 Å². The molecule has 1 heterocycles. The van der Waals surface area contributed by atoms with Crippen LogP contribution >= 0.6 is 0 Å². The Labute approximate surface area is 113 Å². The van der Waals surface area contributed by atoms with Crippen molar-refractivity contribution in [3.63, 3.8) is 0 Å². The quantitative estimate of drug-likeness (QED) is 0.909. The third-order valence-electron chi connectivity index (χ3n) is 3.98. The molecule has 0 spiro atoms. The van der Waals surface area contributed by atoms with Crippen LogP contribution in [0.1, 0.15) is 25.3 Å². The summed E-state index contributed by atoms with van der Waals surface area (Å²) in [4.78, 5) is 13.2. The van der Waals surface area contributed by atoms with Crippen LogP contribution in [0.15, 0.2) is 24.3 Å². The first-order chi connectivity index (χ1) is 9.08. The average Bonchev–Trinajstić information content (AvgIpc) is 2.41. The summed E-state index contributed by atoms with van der Waals surface area (Å²) in [5.74, 6) is -1.06. The average molecular weight is 265 g/mol. The maximum Gasteiger partial charge on any atom is 0.306 e. The Kier molecular flexibility index (Phi) is 4.53. The molecule has 1 atom stereocenters. The summed E-state index contributed by atoms with van der Waals surface area (Å²) in [6.45, 7) is 3.65. The predicted octanol–water partition coefficient (Wildman–Crippen LogP) is 2.55. The van der Waals surface area contributed by atoms with Gasteiger partial charge in [0.2, 0.25) is 0 Å². The van der Waals surface area contributed by atoms with E-state index in [1.807, 2.05) is 12.1 Å². The zero-order chi connectivity index (χ0) is 13.8. The minimum atomic E-state index is -0.693. The van der Waals surface area contributed by atoms with E-state index in [1.165, 1.54) is 6.07 Å². The van der Waals surface area contributed by atoms with Crippen molar-refractivity contribution in [1.82, 2.24) is 4.90 Å². The maximum atomic E-state index is 13.6. The SMILES string of the molecule is CC(Cc1ccccc1F)N1CCC(C(=O)O)CC1. The van der Waals surface area contributed by atoms with Crippen molar-refractivity contribution < 1.29 is 14.3 Å². The van der Waals surface area contributed by atoms with E-state index in [2.05, 4.69) is 11.8 Å². The van der Waals surface area contributed by atoms with Gasteiger partial charge in [0.1, 0.15) is 5.82 Å². The number of benzene rings is 1. The number of carbonyl (C=O) groups is 1. The summed E-state index contributed by atoms with van der Waals surface area (Å²) in [5.41, 5.74) is 0.732. The van der Waals surface area contributed by atoms with E-state index < -0.39 is 5.97 Å². The van der Waals surface area contributed by atoms with Crippen LogP contribution in [0, 0.1) is 11.7 Å². The molecule has 2 rings (SSSR count). The summed E-state index contributed by atoms with van der Waals surface area (Å²) in [5, 5.41) is 8.97. The zero-order valence-electron chi connectivity index (χ0n) is 11.2. The fraction of sp³-hybridized carbons (Fsp3) is 0.533. The number of carboxylic acid groups (broad SMARTS) is 1. The van der Waals surface area contributed by atoms with E-state index in [1.54, 1.807) is 6.07 Å². The van der Waals surface area contributed by atoms with E-state index in [0.717, 1.165) is 18.7 Å². The summed E-state index contributed by atoms with van der Waals surface area (Å²) < 4.78 is 13.6. The molecule has 1 aliphatic rings. The van der Waals surface area contributed by atoms with E-state index >= 15 is 0 Å². The van der Waals surface area contributed by atoms with Crippen LogP contribution in [0.25, 0.3) is 0 Å². The molecule has 3 nitrogen and oxygen atoms in total. The molecule has 1 N–H and O–H groups in total. The predicted molar refractivity (Wildman–Crippen MR) is 71.5 cm³/mol. The highest BCUT2D eigenvalue weighted by atomic mass is 19.1. The van der Waals surface area contributed by atoms with Crippen LogP contribution in [0.4, 0.5) is 4.39 Å². The number of nitrogens with zero attached hydrogens (tertiary/aromatic N) is 1. The van der Waals surface area contributed by atoms with Crippen LogP contribution in [-0.2, 0) is 11.2 Å². The van der Waals surface area contributed by atoms with Crippen molar-refractivity contribution in [3.05, 3.63) is 35.6 Å². The molecule has 1 aliphatic heterocycles. The van der Waals surface area contributed by atoms with Crippen LogP contribution < -0.4 is 0 Å². The van der Waals surface area contributed by atoms with Crippen LogP contribution in [0.5, 0.6) is 0 Å². The lowest BCUT2D eigenvalue weighted by molar-refractivity contribution is -0.143. The van der Waals surface area contributed by atoms with Gasteiger partial charge in [0, 0.05) is 6.04 Å². The number of aliphatic carboxylic acids is 1. The summed E-state index contributed by atoms with van der Waals surface area (Å²) >= 11 is 0. The topological polar surface area (TPSA) is 40.5 Å². The third kappa shape index (κ3) is 3.53. The summed E-state index contributed by atoms with van der Waals surface area (Å²) in [7, 11) is 0. The molecule has 104 valence electrons. The van der Waals surface area contributed by atoms with Gasteiger partial charge in [-0.25, -0.2) is 4.39 Å². The normalized spacial score (nSPS) is 19.3. The fourth-order valence-corrected chi connectivity index (χ4v) is 2.70. The molecule has 1 aromatic rings. The lowest BCUT2D eigenvalue weighted by Crippen LogP contribution is -2.42. The molecular formula is C15H20FNO2. The van der Waals surface area contributed by atoms with Gasteiger partial charge in [-0.1, -0.05) is 18.2 Å². The van der Waals surface area contributed by atoms with Crippen molar-refractivity contribution in [3.8, 4) is 0 Å². The van der Waals surface area contributed by atoms with Gasteiger partial charge in [0.05, 0.1) is 5.92 Å². The molecule has 0 aliphatic carbocycles. The number of rotatable bonds is 4. The Balaban J connectivity index is 1.90. The molecule has 0 bridgehead atoms. The highest BCUT2D eigenvalue weighted by Crippen LogP contribution is 2.21. The molecule has 0 aromatic heterocycles. The van der Waals surface area contributed by atoms with Crippen LogP contribution in [0.2, 0.25) is 0 Å². The molecule has 1 aromatic carbocycles. The zero-order valence-corrected chi connectivity index (χ0v) is 11.2. The molecular weight excluding hydrogens is 245 g/mol. The molecule has 4 heteroatoms. The molecule has 1 unspecified atom stereocenters. The third-order valence-corrected chi connectivity index (χ3v) is 3.98. The van der Waals surface area contributed by atoms with Gasteiger partial charge in [-0.15, -0.1) is 0 Å². The first kappa shape index (κ1) is 14.0. The number of halogens is 1. The second-order valence-corrected chi connectivity index (χ2v) is 5.29. The van der Waals surface area contributed by atoms with Gasteiger partial charge in [0.15, 0.2) is 0 Å². The number of carboxylic acids is 1. The minimum absolute atomic E-state index is 0.158. The second kappa shape index (κ2) is 6.15. The molecule has 0 radical (unpaired) electrons. The largest absolute Gasteiger partial charge is 0.481 e. The standard InChI is InChI=1S/C15H20FNO2/c1-11(10-13-4-2-3-5-14(13)16)17-8-6-12(7-9-17)15(18)19/h2-5,11-12H,6-10H2,1H3,(H,18,19). The van der Waals surface area contributed by atoms with E-state index in [4.69, 9.17) is 5.11 Å². The Hall–Kier alpha value is -1.42. The van der Waals surface area contributed by atoms with E-state index in [0.29, 0.717) is 19.3 Å². The van der Waals surface area contributed by atoms with Crippen molar-refractivity contribution in [1.29, 1.82) is 0 Å². The van der Waals surface area contributed by atoms with E-state index in [9.17, 15) is 9.18 Å².